The Kier molecular flexibility index (Phi) is 5.58. The summed E-state index contributed by atoms with van der Waals surface area (Å²) in [5.41, 5.74) is 3.03. The molecule has 1 aromatic heterocycles. The van der Waals surface area contributed by atoms with Gasteiger partial charge in [-0.05, 0) is 50.2 Å². The van der Waals surface area contributed by atoms with Crippen LogP contribution in [-0.2, 0) is 0 Å². The largest absolute Gasteiger partial charge is 0.492 e. The maximum Gasteiger partial charge on any atom is 0.255 e. The lowest BCUT2D eigenvalue weighted by molar-refractivity contribution is 0.0945. The van der Waals surface area contributed by atoms with Gasteiger partial charge < -0.3 is 10.1 Å². The number of hydrogen-bond acceptors (Lipinski definition) is 3. The van der Waals surface area contributed by atoms with Crippen molar-refractivity contribution in [1.29, 1.82) is 0 Å². The first kappa shape index (κ1) is 18.0. The molecule has 26 heavy (non-hydrogen) atoms. The first-order valence-corrected chi connectivity index (χ1v) is 8.72. The molecule has 1 N–H and O–H groups in total. The number of para-hydroxylation sites is 1. The molecule has 0 fully saturated rings. The number of amides is 1. The average Bonchev–Trinajstić information content (AvgIpc) is 2.95. The van der Waals surface area contributed by atoms with Crippen LogP contribution >= 0.6 is 11.6 Å². The van der Waals surface area contributed by atoms with E-state index in [1.54, 1.807) is 28.9 Å². The van der Waals surface area contributed by atoms with Crippen molar-refractivity contribution in [2.45, 2.75) is 13.8 Å². The third kappa shape index (κ3) is 4.06. The van der Waals surface area contributed by atoms with Crippen LogP contribution in [0.4, 0.5) is 0 Å². The first-order chi connectivity index (χ1) is 12.6. The molecule has 0 aliphatic heterocycles. The second-order valence-corrected chi connectivity index (χ2v) is 6.29. The number of aromatic nitrogens is 2. The minimum Gasteiger partial charge on any atom is -0.492 e. The molecule has 0 aliphatic carbocycles. The van der Waals surface area contributed by atoms with Gasteiger partial charge in [0.15, 0.2) is 0 Å². The normalized spacial score (nSPS) is 10.6. The van der Waals surface area contributed by atoms with E-state index in [1.807, 2.05) is 44.2 Å². The van der Waals surface area contributed by atoms with Crippen molar-refractivity contribution in [1.82, 2.24) is 15.1 Å². The van der Waals surface area contributed by atoms with Crippen molar-refractivity contribution in [3.05, 3.63) is 76.6 Å². The lowest BCUT2D eigenvalue weighted by atomic mass is 10.2. The Labute approximate surface area is 157 Å². The summed E-state index contributed by atoms with van der Waals surface area (Å²) >= 11 is 5.84. The number of hydrogen-bond donors (Lipinski definition) is 1. The van der Waals surface area contributed by atoms with Gasteiger partial charge in [-0.3, -0.25) is 4.79 Å². The lowest BCUT2D eigenvalue weighted by Gasteiger charge is -2.08. The zero-order valence-electron chi connectivity index (χ0n) is 14.7. The van der Waals surface area contributed by atoms with Crippen LogP contribution in [0.5, 0.6) is 5.75 Å². The predicted molar refractivity (Wildman–Crippen MR) is 102 cm³/mol. The molecule has 0 spiro atoms. The van der Waals surface area contributed by atoms with E-state index in [0.29, 0.717) is 35.2 Å². The number of nitrogens with one attached hydrogen (secondary N) is 1. The van der Waals surface area contributed by atoms with E-state index in [4.69, 9.17) is 16.3 Å². The van der Waals surface area contributed by atoms with E-state index >= 15 is 0 Å². The number of aryl methyl sites for hydroxylation is 1. The molecule has 0 bridgehead atoms. The molecule has 0 saturated heterocycles. The Morgan fingerprint density at radius 3 is 2.50 bits per heavy atom. The number of rotatable bonds is 6. The van der Waals surface area contributed by atoms with Crippen LogP contribution in [0.15, 0.2) is 54.6 Å². The zero-order chi connectivity index (χ0) is 18.5. The van der Waals surface area contributed by atoms with Crippen molar-refractivity contribution < 1.29 is 9.53 Å². The van der Waals surface area contributed by atoms with Gasteiger partial charge in [-0.1, -0.05) is 29.8 Å². The Hall–Kier alpha value is -2.79. The SMILES string of the molecule is Cc1nn(-c2ccccc2)c(C)c1C(=O)NCCOc1ccc(Cl)cc1. The number of halogens is 1. The van der Waals surface area contributed by atoms with Crippen LogP contribution in [0.1, 0.15) is 21.7 Å². The van der Waals surface area contributed by atoms with E-state index in [-0.39, 0.29) is 5.91 Å². The van der Waals surface area contributed by atoms with Gasteiger partial charge in [-0.25, -0.2) is 4.68 Å². The van der Waals surface area contributed by atoms with Crippen molar-refractivity contribution >= 4 is 17.5 Å². The Balaban J connectivity index is 1.61. The second kappa shape index (κ2) is 8.06. The standard InChI is InChI=1S/C20H20ClN3O2/c1-14-19(15(2)24(23-14)17-6-4-3-5-7-17)20(25)22-12-13-26-18-10-8-16(21)9-11-18/h3-11H,12-13H2,1-2H3,(H,22,25). The molecular formula is C20H20ClN3O2. The molecule has 1 amide bonds. The van der Waals surface area contributed by atoms with Crippen molar-refractivity contribution in [2.24, 2.45) is 0 Å². The van der Waals surface area contributed by atoms with Gasteiger partial charge in [0.2, 0.25) is 0 Å². The van der Waals surface area contributed by atoms with E-state index < -0.39 is 0 Å². The van der Waals surface area contributed by atoms with Crippen LogP contribution in [0.2, 0.25) is 5.02 Å². The number of ether oxygens (including phenoxy) is 1. The maximum absolute atomic E-state index is 12.5. The maximum atomic E-state index is 12.5. The minimum absolute atomic E-state index is 0.151. The Morgan fingerprint density at radius 1 is 1.12 bits per heavy atom. The summed E-state index contributed by atoms with van der Waals surface area (Å²) in [5.74, 6) is 0.565. The summed E-state index contributed by atoms with van der Waals surface area (Å²) in [4.78, 5) is 12.5. The van der Waals surface area contributed by atoms with E-state index in [0.717, 1.165) is 11.4 Å². The summed E-state index contributed by atoms with van der Waals surface area (Å²) in [6, 6.07) is 16.9. The van der Waals surface area contributed by atoms with E-state index in [2.05, 4.69) is 10.4 Å². The molecular weight excluding hydrogens is 350 g/mol. The van der Waals surface area contributed by atoms with Gasteiger partial charge in [-0.15, -0.1) is 0 Å². The van der Waals surface area contributed by atoms with E-state index in [1.165, 1.54) is 0 Å². The fourth-order valence-electron chi connectivity index (χ4n) is 2.74. The number of carbonyl (C=O) groups excluding carboxylic acids is 1. The fraction of sp³-hybridized carbons (Fsp3) is 0.200. The van der Waals surface area contributed by atoms with Gasteiger partial charge in [0, 0.05) is 5.02 Å². The van der Waals surface area contributed by atoms with Crippen molar-refractivity contribution in [2.75, 3.05) is 13.2 Å². The first-order valence-electron chi connectivity index (χ1n) is 8.34. The third-order valence-corrected chi connectivity index (χ3v) is 4.24. The fourth-order valence-corrected chi connectivity index (χ4v) is 2.87. The minimum atomic E-state index is -0.151. The molecule has 6 heteroatoms. The summed E-state index contributed by atoms with van der Waals surface area (Å²) in [6.45, 7) is 4.51. The topological polar surface area (TPSA) is 56.2 Å². The summed E-state index contributed by atoms with van der Waals surface area (Å²) in [6.07, 6.45) is 0. The molecule has 0 unspecified atom stereocenters. The molecule has 0 aliphatic rings. The third-order valence-electron chi connectivity index (χ3n) is 3.99. The number of nitrogens with zero attached hydrogens (tertiary/aromatic N) is 2. The summed E-state index contributed by atoms with van der Waals surface area (Å²) in [5, 5.41) is 8.04. The van der Waals surface area contributed by atoms with Gasteiger partial charge in [-0.2, -0.15) is 5.10 Å². The van der Waals surface area contributed by atoms with Gasteiger partial charge in [0.25, 0.3) is 5.91 Å². The van der Waals surface area contributed by atoms with Crippen molar-refractivity contribution in [3.8, 4) is 11.4 Å². The predicted octanol–water partition coefficient (Wildman–Crippen LogP) is 3.95. The van der Waals surface area contributed by atoms with Gasteiger partial charge in [0.1, 0.15) is 12.4 Å². The molecule has 0 saturated carbocycles. The Morgan fingerprint density at radius 2 is 1.81 bits per heavy atom. The van der Waals surface area contributed by atoms with Gasteiger partial charge in [0.05, 0.1) is 29.2 Å². The Bertz CT molecular complexity index is 889. The molecule has 2 aromatic carbocycles. The van der Waals surface area contributed by atoms with Gasteiger partial charge >= 0.3 is 0 Å². The molecule has 5 nitrogen and oxygen atoms in total. The highest BCUT2D eigenvalue weighted by molar-refractivity contribution is 6.30. The molecule has 3 aromatic rings. The second-order valence-electron chi connectivity index (χ2n) is 5.85. The highest BCUT2D eigenvalue weighted by Gasteiger charge is 2.19. The smallest absolute Gasteiger partial charge is 0.255 e. The van der Waals surface area contributed by atoms with Crippen LogP contribution in [0, 0.1) is 13.8 Å². The number of carbonyl (C=O) groups is 1. The molecule has 134 valence electrons. The highest BCUT2D eigenvalue weighted by Crippen LogP contribution is 2.18. The van der Waals surface area contributed by atoms with Crippen LogP contribution in [0.3, 0.4) is 0 Å². The zero-order valence-corrected chi connectivity index (χ0v) is 15.5. The van der Waals surface area contributed by atoms with Crippen LogP contribution in [-0.4, -0.2) is 28.8 Å². The highest BCUT2D eigenvalue weighted by atomic mass is 35.5. The van der Waals surface area contributed by atoms with Crippen LogP contribution in [0.25, 0.3) is 5.69 Å². The molecule has 0 atom stereocenters. The molecule has 1 heterocycles. The average molecular weight is 370 g/mol. The lowest BCUT2D eigenvalue weighted by Crippen LogP contribution is -2.29. The van der Waals surface area contributed by atoms with Crippen molar-refractivity contribution in [3.63, 3.8) is 0 Å². The summed E-state index contributed by atoms with van der Waals surface area (Å²) < 4.78 is 7.37. The monoisotopic (exact) mass is 369 g/mol. The number of benzene rings is 2. The molecule has 0 radical (unpaired) electrons. The van der Waals surface area contributed by atoms with E-state index in [9.17, 15) is 4.79 Å². The summed E-state index contributed by atoms with van der Waals surface area (Å²) in [7, 11) is 0. The van der Waals surface area contributed by atoms with Crippen LogP contribution < -0.4 is 10.1 Å². The molecule has 3 rings (SSSR count). The quantitative estimate of drug-likeness (QED) is 0.669.